The van der Waals surface area contributed by atoms with Crippen LogP contribution < -0.4 is 0 Å². The van der Waals surface area contributed by atoms with E-state index in [4.69, 9.17) is 0 Å². The third kappa shape index (κ3) is 15.6. The Hall–Kier alpha value is -2.58. The van der Waals surface area contributed by atoms with Crippen LogP contribution in [0.4, 0.5) is 0 Å². The molecular weight excluding hydrogens is 685 g/mol. The fraction of sp³-hybridized carbons (Fsp3) is 0.489. The highest BCUT2D eigenvalue weighted by Crippen LogP contribution is 2.28. The van der Waals surface area contributed by atoms with Crippen LogP contribution in [0.2, 0.25) is 0 Å². The van der Waals surface area contributed by atoms with Gasteiger partial charge in [0.2, 0.25) is 0 Å². The Morgan fingerprint density at radius 3 is 1.72 bits per heavy atom. The van der Waals surface area contributed by atoms with Crippen LogP contribution in [0.3, 0.4) is 0 Å². The third-order valence-corrected chi connectivity index (χ3v) is 12.9. The van der Waals surface area contributed by atoms with Crippen molar-refractivity contribution in [2.45, 2.75) is 75.3 Å². The van der Waals surface area contributed by atoms with Crippen LogP contribution in [-0.4, -0.2) is 97.1 Å². The minimum Gasteiger partial charge on any atom is -0.305 e. The summed E-state index contributed by atoms with van der Waals surface area (Å²) in [6.07, 6.45) is 8.08. The smallest absolute Gasteiger partial charge is 0.0234 e. The summed E-state index contributed by atoms with van der Waals surface area (Å²) in [5.41, 5.74) is 5.44. The molecule has 1 aliphatic rings. The van der Waals surface area contributed by atoms with E-state index in [1.54, 1.807) is 0 Å². The molecule has 0 atom stereocenters. The second kappa shape index (κ2) is 24.0. The fourth-order valence-electron chi connectivity index (χ4n) is 7.54. The first-order chi connectivity index (χ1) is 26.1. The van der Waals surface area contributed by atoms with Crippen molar-refractivity contribution in [3.63, 3.8) is 0 Å². The Kier molecular flexibility index (Phi) is 18.9. The minimum atomic E-state index is 0.906. The summed E-state index contributed by atoms with van der Waals surface area (Å²) in [5, 5.41) is 0. The summed E-state index contributed by atoms with van der Waals surface area (Å²) < 4.78 is 0. The van der Waals surface area contributed by atoms with Gasteiger partial charge in [0.05, 0.1) is 0 Å². The Labute approximate surface area is 331 Å². The van der Waals surface area contributed by atoms with Gasteiger partial charge >= 0.3 is 0 Å². The fourth-order valence-corrected chi connectivity index (χ4v) is 9.29. The molecule has 4 aromatic carbocycles. The predicted octanol–water partition coefficient (Wildman–Crippen LogP) is 10.8. The Morgan fingerprint density at radius 2 is 1.08 bits per heavy atom. The van der Waals surface area contributed by atoms with Crippen LogP contribution in [0.15, 0.2) is 119 Å². The Bertz CT molecular complexity index is 1520. The van der Waals surface area contributed by atoms with Crippen LogP contribution in [0.1, 0.15) is 63.5 Å². The molecule has 1 aliphatic carbocycles. The zero-order chi connectivity index (χ0) is 36.9. The summed E-state index contributed by atoms with van der Waals surface area (Å²) in [5.74, 6) is 3.20. The first-order valence-electron chi connectivity index (χ1n) is 20.5. The van der Waals surface area contributed by atoms with E-state index in [-0.39, 0.29) is 0 Å². The summed E-state index contributed by atoms with van der Waals surface area (Å²) in [6, 6.07) is 40.4. The van der Waals surface area contributed by atoms with Gasteiger partial charge in [0.15, 0.2) is 0 Å². The van der Waals surface area contributed by atoms with Crippen LogP contribution >= 0.6 is 23.5 Å². The number of thioether (sulfide) groups is 2. The first kappa shape index (κ1) is 41.6. The van der Waals surface area contributed by atoms with E-state index in [1.165, 1.54) is 77.1 Å². The van der Waals surface area contributed by atoms with E-state index < -0.39 is 0 Å². The number of nitrogens with zero attached hydrogens (tertiary/aromatic N) is 4. The van der Waals surface area contributed by atoms with Gasteiger partial charge in [-0.25, -0.2) is 0 Å². The molecule has 286 valence electrons. The molecule has 0 spiro atoms. The number of hydrogen-bond acceptors (Lipinski definition) is 6. The molecule has 0 saturated heterocycles. The van der Waals surface area contributed by atoms with Crippen LogP contribution in [0.25, 0.3) is 11.1 Å². The maximum Gasteiger partial charge on any atom is 0.0234 e. The van der Waals surface area contributed by atoms with E-state index in [0.717, 1.165) is 82.9 Å². The molecule has 4 nitrogen and oxygen atoms in total. The molecule has 4 aromatic rings. The van der Waals surface area contributed by atoms with Gasteiger partial charge in [0, 0.05) is 55.6 Å². The van der Waals surface area contributed by atoms with Crippen molar-refractivity contribution in [1.29, 1.82) is 0 Å². The van der Waals surface area contributed by atoms with Crippen molar-refractivity contribution >= 4 is 23.5 Å². The van der Waals surface area contributed by atoms with E-state index in [0.29, 0.717) is 0 Å². The van der Waals surface area contributed by atoms with Gasteiger partial charge < -0.3 is 9.80 Å². The van der Waals surface area contributed by atoms with Crippen molar-refractivity contribution in [2.24, 2.45) is 5.92 Å². The second-order valence-corrected chi connectivity index (χ2v) is 17.3. The summed E-state index contributed by atoms with van der Waals surface area (Å²) >= 11 is 3.98. The lowest BCUT2D eigenvalue weighted by molar-refractivity contribution is 0.204. The van der Waals surface area contributed by atoms with Crippen LogP contribution in [0, 0.1) is 5.92 Å². The summed E-state index contributed by atoms with van der Waals surface area (Å²) in [7, 11) is 2.33. The molecule has 53 heavy (non-hydrogen) atoms. The SMILES string of the molecule is CCN(CC)CCN(CCCSc1cccc(-c2ccc(CN(CCCSc3ccccc3)CCN(C)CC3CCCC3)cc2)c1)Cc1ccccc1. The lowest BCUT2D eigenvalue weighted by atomic mass is 10.0. The molecule has 1 fully saturated rings. The molecule has 0 N–H and O–H groups in total. The van der Waals surface area contributed by atoms with Crippen molar-refractivity contribution in [3.8, 4) is 11.1 Å². The van der Waals surface area contributed by atoms with Crippen molar-refractivity contribution in [2.75, 3.05) is 77.5 Å². The minimum absolute atomic E-state index is 0.906. The highest BCUT2D eigenvalue weighted by atomic mass is 32.2. The number of likely N-dealkylation sites (N-methyl/N-ethyl adjacent to an activating group) is 2. The van der Waals surface area contributed by atoms with E-state index in [9.17, 15) is 0 Å². The normalized spacial score (nSPS) is 13.6. The molecule has 1 saturated carbocycles. The molecule has 0 unspecified atom stereocenters. The Balaban J connectivity index is 1.11. The van der Waals surface area contributed by atoms with Crippen LogP contribution in [0.5, 0.6) is 0 Å². The number of rotatable bonds is 25. The highest BCUT2D eigenvalue weighted by Gasteiger charge is 2.17. The molecule has 0 heterocycles. The number of benzene rings is 4. The van der Waals surface area contributed by atoms with E-state index >= 15 is 0 Å². The topological polar surface area (TPSA) is 13.0 Å². The standard InChI is InChI=1S/C47H66N4S2/c1-4-49(5-2)33-34-51(39-42-17-8-6-9-18-42)30-16-36-53-47-24-14-21-45(37-47)44-27-25-43(26-28-44)40-50(29-15-35-52-46-22-10-7-11-23-46)32-31-48(3)38-41-19-12-13-20-41/h6-11,14,17-18,21-28,37,41H,4-5,12-13,15-16,19-20,29-36,38-40H2,1-3H3. The van der Waals surface area contributed by atoms with Gasteiger partial charge in [-0.1, -0.05) is 112 Å². The zero-order valence-corrected chi connectivity index (χ0v) is 34.6. The van der Waals surface area contributed by atoms with Gasteiger partial charge in [0.1, 0.15) is 0 Å². The van der Waals surface area contributed by atoms with E-state index in [2.05, 4.69) is 150 Å². The molecule has 0 aromatic heterocycles. The zero-order valence-electron chi connectivity index (χ0n) is 33.0. The van der Waals surface area contributed by atoms with Gasteiger partial charge in [-0.3, -0.25) is 9.80 Å². The molecular formula is C47H66N4S2. The highest BCUT2D eigenvalue weighted by molar-refractivity contribution is 7.99. The predicted molar refractivity (Wildman–Crippen MR) is 233 cm³/mol. The largest absolute Gasteiger partial charge is 0.305 e. The molecule has 0 bridgehead atoms. The van der Waals surface area contributed by atoms with Crippen molar-refractivity contribution in [3.05, 3.63) is 120 Å². The average molecular weight is 751 g/mol. The lowest BCUT2D eigenvalue weighted by Gasteiger charge is -2.27. The molecule has 0 aliphatic heterocycles. The van der Waals surface area contributed by atoms with Gasteiger partial charge in [0.25, 0.3) is 0 Å². The second-order valence-electron chi connectivity index (χ2n) is 14.9. The van der Waals surface area contributed by atoms with Crippen molar-refractivity contribution < 1.29 is 0 Å². The monoisotopic (exact) mass is 750 g/mol. The van der Waals surface area contributed by atoms with Crippen molar-refractivity contribution in [1.82, 2.24) is 19.6 Å². The Morgan fingerprint density at radius 1 is 0.528 bits per heavy atom. The average Bonchev–Trinajstić information content (AvgIpc) is 3.71. The maximum atomic E-state index is 2.69. The molecule has 5 rings (SSSR count). The first-order valence-corrected chi connectivity index (χ1v) is 22.4. The molecule has 6 heteroatoms. The molecule has 0 amide bonds. The van der Waals surface area contributed by atoms with E-state index in [1.807, 2.05) is 23.5 Å². The third-order valence-electron chi connectivity index (χ3n) is 10.8. The quantitative estimate of drug-likeness (QED) is 0.0491. The maximum absolute atomic E-state index is 2.69. The lowest BCUT2D eigenvalue weighted by Crippen LogP contribution is -2.35. The van der Waals surface area contributed by atoms with Gasteiger partial charge in [-0.15, -0.1) is 23.5 Å². The number of hydrogen-bond donors (Lipinski definition) is 0. The van der Waals surface area contributed by atoms with Gasteiger partial charge in [-0.05, 0) is 123 Å². The summed E-state index contributed by atoms with van der Waals surface area (Å²) in [4.78, 5) is 13.2. The molecule has 0 radical (unpaired) electrons. The van der Waals surface area contributed by atoms with Crippen LogP contribution in [-0.2, 0) is 13.1 Å². The summed E-state index contributed by atoms with van der Waals surface area (Å²) in [6.45, 7) is 16.9. The van der Waals surface area contributed by atoms with Gasteiger partial charge in [-0.2, -0.15) is 0 Å².